The Morgan fingerprint density at radius 1 is 1.33 bits per heavy atom. The predicted molar refractivity (Wildman–Crippen MR) is 66.9 cm³/mol. The molecule has 2 rings (SSSR count). The number of hydrogen-bond donors (Lipinski definition) is 0. The zero-order valence-corrected chi connectivity index (χ0v) is 11.2. The van der Waals surface area contributed by atoms with Crippen molar-refractivity contribution in [3.8, 4) is 5.88 Å². The summed E-state index contributed by atoms with van der Waals surface area (Å²) in [6.07, 6.45) is 0.793. The van der Waals surface area contributed by atoms with Crippen molar-refractivity contribution in [3.05, 3.63) is 22.9 Å². The predicted octanol–water partition coefficient (Wildman–Crippen LogP) is 0.806. The number of sulfone groups is 1. The van der Waals surface area contributed by atoms with Gasteiger partial charge < -0.3 is 4.74 Å². The second kappa shape index (κ2) is 4.68. The number of hydrogen-bond acceptors (Lipinski definition) is 5. The molecule has 1 aromatic heterocycles. The Morgan fingerprint density at radius 3 is 2.61 bits per heavy atom. The molecule has 2 heterocycles. The lowest BCUT2D eigenvalue weighted by molar-refractivity contribution is 0.101. The quantitative estimate of drug-likeness (QED) is 0.743. The lowest BCUT2D eigenvalue weighted by Crippen LogP contribution is -2.10. The third kappa shape index (κ3) is 2.53. The Balaban J connectivity index is 2.50. The fourth-order valence-electron chi connectivity index (χ4n) is 2.03. The average Bonchev–Trinajstić information content (AvgIpc) is 2.47. The van der Waals surface area contributed by atoms with E-state index in [9.17, 15) is 13.2 Å². The highest BCUT2D eigenvalue weighted by molar-refractivity contribution is 7.91. The number of rotatable bonds is 2. The average molecular weight is 269 g/mol. The summed E-state index contributed by atoms with van der Waals surface area (Å²) < 4.78 is 28.3. The smallest absolute Gasteiger partial charge is 0.224 e. The molecule has 18 heavy (non-hydrogen) atoms. The molecule has 0 spiro atoms. The number of nitrogens with zero attached hydrogens (tertiary/aromatic N) is 1. The van der Waals surface area contributed by atoms with Crippen molar-refractivity contribution >= 4 is 15.6 Å². The summed E-state index contributed by atoms with van der Waals surface area (Å²) in [5.74, 6) is 0.371. The number of carbonyl (C=O) groups excluding carboxylic acids is 1. The van der Waals surface area contributed by atoms with Crippen LogP contribution in [0.2, 0.25) is 0 Å². The molecule has 0 fully saturated rings. The van der Waals surface area contributed by atoms with E-state index in [1.807, 2.05) is 0 Å². The van der Waals surface area contributed by atoms with Crippen molar-refractivity contribution in [3.63, 3.8) is 0 Å². The molecule has 1 aliphatic rings. The number of aromatic nitrogens is 1. The molecule has 1 aliphatic heterocycles. The summed E-state index contributed by atoms with van der Waals surface area (Å²) >= 11 is 0. The summed E-state index contributed by atoms with van der Waals surface area (Å²) in [5, 5.41) is 0. The summed E-state index contributed by atoms with van der Waals surface area (Å²) in [5.41, 5.74) is 1.97. The van der Waals surface area contributed by atoms with Crippen LogP contribution in [0.15, 0.2) is 6.07 Å². The molecule has 0 aromatic carbocycles. The minimum atomic E-state index is -3.01. The van der Waals surface area contributed by atoms with Crippen LogP contribution in [0.25, 0.3) is 0 Å². The maximum atomic E-state index is 11.6. The molecule has 0 saturated heterocycles. The van der Waals surface area contributed by atoms with Gasteiger partial charge in [-0.2, -0.15) is 0 Å². The Kier molecular flexibility index (Phi) is 3.38. The minimum absolute atomic E-state index is 0.107. The van der Waals surface area contributed by atoms with E-state index in [4.69, 9.17) is 4.74 Å². The van der Waals surface area contributed by atoms with Crippen LogP contribution in [0, 0.1) is 0 Å². The first-order valence-corrected chi connectivity index (χ1v) is 7.53. The molecule has 5 nitrogen and oxygen atoms in total. The van der Waals surface area contributed by atoms with E-state index in [-0.39, 0.29) is 23.2 Å². The minimum Gasteiger partial charge on any atom is -0.480 e. The first-order valence-electron chi connectivity index (χ1n) is 5.71. The van der Waals surface area contributed by atoms with E-state index in [1.165, 1.54) is 14.0 Å². The highest BCUT2D eigenvalue weighted by Crippen LogP contribution is 2.23. The van der Waals surface area contributed by atoms with Crippen LogP contribution < -0.4 is 4.74 Å². The lowest BCUT2D eigenvalue weighted by Gasteiger charge is -2.10. The number of ether oxygens (including phenoxy) is 1. The van der Waals surface area contributed by atoms with Gasteiger partial charge in [-0.1, -0.05) is 0 Å². The second-order valence-corrected chi connectivity index (χ2v) is 6.66. The molecule has 0 amide bonds. The molecule has 0 aliphatic carbocycles. The zero-order valence-electron chi connectivity index (χ0n) is 10.4. The number of aryl methyl sites for hydroxylation is 2. The summed E-state index contributed by atoms with van der Waals surface area (Å²) in [6, 6.07) is 1.71. The summed E-state index contributed by atoms with van der Waals surface area (Å²) in [7, 11) is -1.55. The van der Waals surface area contributed by atoms with Gasteiger partial charge in [-0.05, 0) is 25.0 Å². The van der Waals surface area contributed by atoms with Gasteiger partial charge in [0.1, 0.15) is 0 Å². The van der Waals surface area contributed by atoms with E-state index in [1.54, 1.807) is 6.07 Å². The third-order valence-electron chi connectivity index (χ3n) is 3.06. The van der Waals surface area contributed by atoms with Crippen molar-refractivity contribution in [2.24, 2.45) is 0 Å². The van der Waals surface area contributed by atoms with Crippen molar-refractivity contribution in [2.75, 3.05) is 18.6 Å². The first kappa shape index (κ1) is 13.0. The van der Waals surface area contributed by atoms with E-state index in [0.717, 1.165) is 11.3 Å². The van der Waals surface area contributed by atoms with Gasteiger partial charge >= 0.3 is 0 Å². The highest BCUT2D eigenvalue weighted by Gasteiger charge is 2.22. The highest BCUT2D eigenvalue weighted by atomic mass is 32.2. The van der Waals surface area contributed by atoms with Gasteiger partial charge in [-0.25, -0.2) is 13.4 Å². The fourth-order valence-corrected chi connectivity index (χ4v) is 3.27. The monoisotopic (exact) mass is 269 g/mol. The lowest BCUT2D eigenvalue weighted by atomic mass is 10.0. The fraction of sp³-hybridized carbons (Fsp3) is 0.500. The van der Waals surface area contributed by atoms with Gasteiger partial charge in [0.25, 0.3) is 0 Å². The van der Waals surface area contributed by atoms with Crippen LogP contribution in [0.1, 0.15) is 28.5 Å². The van der Waals surface area contributed by atoms with Crippen LogP contribution in [-0.2, 0) is 22.7 Å². The van der Waals surface area contributed by atoms with Crippen molar-refractivity contribution in [1.29, 1.82) is 0 Å². The molecule has 0 saturated carbocycles. The molecule has 0 N–H and O–H groups in total. The van der Waals surface area contributed by atoms with Crippen molar-refractivity contribution in [1.82, 2.24) is 4.98 Å². The Bertz CT molecular complexity index is 592. The van der Waals surface area contributed by atoms with Crippen LogP contribution in [-0.4, -0.2) is 37.8 Å². The maximum absolute atomic E-state index is 11.6. The maximum Gasteiger partial charge on any atom is 0.224 e. The van der Waals surface area contributed by atoms with Gasteiger partial charge in [0, 0.05) is 12.1 Å². The van der Waals surface area contributed by atoms with Gasteiger partial charge in [-0.3, -0.25) is 4.79 Å². The number of ketones is 1. The Labute approximate surface area is 106 Å². The van der Waals surface area contributed by atoms with Gasteiger partial charge in [0.2, 0.25) is 5.88 Å². The topological polar surface area (TPSA) is 73.3 Å². The van der Waals surface area contributed by atoms with E-state index < -0.39 is 9.84 Å². The van der Waals surface area contributed by atoms with E-state index >= 15 is 0 Å². The molecule has 0 radical (unpaired) electrons. The van der Waals surface area contributed by atoms with Crippen molar-refractivity contribution in [2.45, 2.75) is 19.8 Å². The van der Waals surface area contributed by atoms with Crippen LogP contribution in [0.5, 0.6) is 5.88 Å². The zero-order chi connectivity index (χ0) is 13.3. The SMILES string of the molecule is COc1nc2c(cc1C(C)=O)CCS(=O)(=O)CC2. The Morgan fingerprint density at radius 2 is 2.00 bits per heavy atom. The second-order valence-electron chi connectivity index (χ2n) is 4.36. The van der Waals surface area contributed by atoms with Crippen LogP contribution in [0.4, 0.5) is 0 Å². The number of fused-ring (bicyclic) bond motifs is 1. The number of pyridine rings is 1. The molecular weight excluding hydrogens is 254 g/mol. The normalized spacial score (nSPS) is 17.7. The van der Waals surface area contributed by atoms with E-state index in [0.29, 0.717) is 18.4 Å². The number of carbonyl (C=O) groups is 1. The number of methoxy groups -OCH3 is 1. The summed E-state index contributed by atoms with van der Waals surface area (Å²) in [4.78, 5) is 15.8. The van der Waals surface area contributed by atoms with E-state index in [2.05, 4.69) is 4.98 Å². The molecule has 1 aromatic rings. The van der Waals surface area contributed by atoms with Gasteiger partial charge in [0.15, 0.2) is 15.6 Å². The van der Waals surface area contributed by atoms with Crippen molar-refractivity contribution < 1.29 is 17.9 Å². The molecule has 0 unspecified atom stereocenters. The summed E-state index contributed by atoms with van der Waals surface area (Å²) in [6.45, 7) is 1.44. The molecule has 98 valence electrons. The van der Waals surface area contributed by atoms with Gasteiger partial charge in [0.05, 0.1) is 24.2 Å². The standard InChI is InChI=1S/C12H15NO4S/c1-8(14)10-7-9-3-5-18(15,16)6-4-11(9)13-12(10)17-2/h7H,3-6H2,1-2H3. The Hall–Kier alpha value is -1.43. The largest absolute Gasteiger partial charge is 0.480 e. The molecule has 0 atom stereocenters. The third-order valence-corrected chi connectivity index (χ3v) is 4.71. The molecular formula is C12H15NO4S. The van der Waals surface area contributed by atoms with Crippen LogP contribution >= 0.6 is 0 Å². The number of Topliss-reactive ketones (excluding diaryl/α,β-unsaturated/α-hetero) is 1. The first-order chi connectivity index (χ1) is 8.43. The molecule has 6 heteroatoms. The molecule has 0 bridgehead atoms. The van der Waals surface area contributed by atoms with Gasteiger partial charge in [-0.15, -0.1) is 0 Å². The van der Waals surface area contributed by atoms with Crippen LogP contribution in [0.3, 0.4) is 0 Å².